The molecule has 0 N–H and O–H groups in total. The monoisotopic (exact) mass is 296 g/mol. The van der Waals surface area contributed by atoms with E-state index in [1.165, 1.54) is 24.8 Å². The summed E-state index contributed by atoms with van der Waals surface area (Å²) in [5, 5.41) is 0. The van der Waals surface area contributed by atoms with Crippen LogP contribution in [0.1, 0.15) is 87.0 Å². The molecule has 0 unspecified atom stereocenters. The van der Waals surface area contributed by atoms with Crippen LogP contribution in [0.25, 0.3) is 0 Å². The van der Waals surface area contributed by atoms with E-state index in [0.717, 1.165) is 18.8 Å². The maximum Gasteiger partial charge on any atom is 0.130 e. The van der Waals surface area contributed by atoms with E-state index in [9.17, 15) is 9.59 Å². The molecular formula is C19H36O2. The highest BCUT2D eigenvalue weighted by atomic mass is 16.1. The highest BCUT2D eigenvalue weighted by Gasteiger charge is 1.96. The van der Waals surface area contributed by atoms with Crippen LogP contribution in [0, 0.1) is 11.8 Å². The average Bonchev–Trinajstić information content (AvgIpc) is 2.26. The molecule has 124 valence electrons. The minimum Gasteiger partial charge on any atom is -0.300 e. The van der Waals surface area contributed by atoms with Gasteiger partial charge in [-0.15, -0.1) is 0 Å². The van der Waals surface area contributed by atoms with Gasteiger partial charge in [0.05, 0.1) is 0 Å². The van der Waals surface area contributed by atoms with E-state index in [1.54, 1.807) is 13.8 Å². The number of hydrogen-bond acceptors (Lipinski definition) is 2. The van der Waals surface area contributed by atoms with Gasteiger partial charge in [-0.1, -0.05) is 45.8 Å². The Morgan fingerprint density at radius 1 is 0.857 bits per heavy atom. The molecule has 0 radical (unpaired) electrons. The van der Waals surface area contributed by atoms with E-state index < -0.39 is 0 Å². The zero-order valence-electron chi connectivity index (χ0n) is 15.3. The fraction of sp³-hybridized carbons (Fsp3) is 0.789. The maximum atomic E-state index is 10.7. The summed E-state index contributed by atoms with van der Waals surface area (Å²) in [4.78, 5) is 21.0. The average molecular weight is 296 g/mol. The van der Waals surface area contributed by atoms with Crippen molar-refractivity contribution in [2.24, 2.45) is 11.8 Å². The Morgan fingerprint density at radius 3 is 1.76 bits per heavy atom. The number of allylic oxidation sites excluding steroid dienone is 2. The normalized spacial score (nSPS) is 11.4. The van der Waals surface area contributed by atoms with Crippen molar-refractivity contribution in [3.05, 3.63) is 11.6 Å². The van der Waals surface area contributed by atoms with Gasteiger partial charge in [-0.25, -0.2) is 0 Å². The van der Waals surface area contributed by atoms with E-state index in [2.05, 4.69) is 26.8 Å². The van der Waals surface area contributed by atoms with Gasteiger partial charge in [0, 0.05) is 12.8 Å². The second-order valence-corrected chi connectivity index (χ2v) is 6.88. The molecule has 0 rings (SSSR count). The van der Waals surface area contributed by atoms with Crippen LogP contribution in [0.3, 0.4) is 0 Å². The summed E-state index contributed by atoms with van der Waals surface area (Å²) in [6, 6.07) is 0. The van der Waals surface area contributed by atoms with Crippen molar-refractivity contribution in [2.75, 3.05) is 0 Å². The predicted molar refractivity (Wildman–Crippen MR) is 92.5 cm³/mol. The lowest BCUT2D eigenvalue weighted by molar-refractivity contribution is -0.118. The highest BCUT2D eigenvalue weighted by Crippen LogP contribution is 2.12. The number of ketones is 2. The van der Waals surface area contributed by atoms with E-state index >= 15 is 0 Å². The van der Waals surface area contributed by atoms with Gasteiger partial charge >= 0.3 is 0 Å². The van der Waals surface area contributed by atoms with Gasteiger partial charge in [-0.3, -0.25) is 0 Å². The van der Waals surface area contributed by atoms with Gasteiger partial charge in [0.2, 0.25) is 0 Å². The third-order valence-electron chi connectivity index (χ3n) is 3.04. The molecule has 0 heterocycles. The van der Waals surface area contributed by atoms with E-state index in [1.807, 2.05) is 13.8 Å². The molecule has 0 aromatic rings. The first kappa shape index (κ1) is 22.4. The van der Waals surface area contributed by atoms with Gasteiger partial charge < -0.3 is 9.59 Å². The van der Waals surface area contributed by atoms with Crippen molar-refractivity contribution in [3.8, 4) is 0 Å². The fourth-order valence-corrected chi connectivity index (χ4v) is 1.99. The Balaban J connectivity index is 0. The van der Waals surface area contributed by atoms with Crippen molar-refractivity contribution < 1.29 is 9.59 Å². The number of hydrogen-bond donors (Lipinski definition) is 0. The quantitative estimate of drug-likeness (QED) is 0.508. The molecule has 0 saturated carbocycles. The van der Waals surface area contributed by atoms with Crippen LogP contribution < -0.4 is 0 Å². The first-order chi connectivity index (χ1) is 9.65. The van der Waals surface area contributed by atoms with Crippen LogP contribution in [0.15, 0.2) is 11.6 Å². The second kappa shape index (κ2) is 14.0. The minimum absolute atomic E-state index is 0.287. The molecule has 0 aliphatic heterocycles. The summed E-state index contributed by atoms with van der Waals surface area (Å²) in [5.74, 6) is 1.91. The van der Waals surface area contributed by atoms with Gasteiger partial charge in [-0.05, 0) is 51.9 Å². The van der Waals surface area contributed by atoms with Gasteiger partial charge in [0.25, 0.3) is 0 Å². The zero-order valence-corrected chi connectivity index (χ0v) is 15.3. The molecule has 0 amide bonds. The third kappa shape index (κ3) is 24.5. The highest BCUT2D eigenvalue weighted by molar-refractivity contribution is 5.75. The molecule has 2 heteroatoms. The summed E-state index contributed by atoms with van der Waals surface area (Å²) in [5.41, 5.74) is 1.44. The van der Waals surface area contributed by atoms with Crippen LogP contribution >= 0.6 is 0 Å². The number of Topliss-reactive ketones (excluding diaryl/α,β-unsaturated/α-hetero) is 2. The standard InChI is InChI=1S/C13H24O.C6H12O/c1-11(2)7-5-8-12(3)9-6-10-13(4)14;1-5(2)4-6(3)7/h9,11H,5-8,10H2,1-4H3;5H,4H2,1-3H3/b12-9+;. The van der Waals surface area contributed by atoms with Crippen LogP contribution in [-0.2, 0) is 9.59 Å². The van der Waals surface area contributed by atoms with Crippen molar-refractivity contribution >= 4 is 11.6 Å². The maximum absolute atomic E-state index is 10.7. The van der Waals surface area contributed by atoms with E-state index in [0.29, 0.717) is 12.3 Å². The Hall–Kier alpha value is -0.920. The Bertz CT molecular complexity index is 312. The summed E-state index contributed by atoms with van der Waals surface area (Å²) < 4.78 is 0. The zero-order chi connectivity index (χ0) is 16.8. The molecule has 0 aromatic carbocycles. The second-order valence-electron chi connectivity index (χ2n) is 6.88. The molecule has 0 fully saturated rings. The van der Waals surface area contributed by atoms with E-state index in [4.69, 9.17) is 0 Å². The molecular weight excluding hydrogens is 260 g/mol. The van der Waals surface area contributed by atoms with Crippen LogP contribution in [-0.4, -0.2) is 11.6 Å². The summed E-state index contributed by atoms with van der Waals surface area (Å²) in [7, 11) is 0. The Labute approximate surface area is 132 Å². The van der Waals surface area contributed by atoms with Gasteiger partial charge in [0.15, 0.2) is 0 Å². The smallest absolute Gasteiger partial charge is 0.130 e. The molecule has 0 aliphatic rings. The largest absolute Gasteiger partial charge is 0.300 e. The molecule has 0 aromatic heterocycles. The minimum atomic E-state index is 0.287. The molecule has 0 aliphatic carbocycles. The summed E-state index contributed by atoms with van der Waals surface area (Å²) in [6.07, 6.45) is 8.32. The fourth-order valence-electron chi connectivity index (χ4n) is 1.99. The first-order valence-electron chi connectivity index (χ1n) is 8.29. The summed E-state index contributed by atoms with van der Waals surface area (Å²) in [6.45, 7) is 14.1. The molecule has 0 spiro atoms. The van der Waals surface area contributed by atoms with Crippen LogP contribution in [0.2, 0.25) is 0 Å². The lowest BCUT2D eigenvalue weighted by atomic mass is 10.0. The molecule has 0 saturated heterocycles. The molecule has 0 bridgehead atoms. The predicted octanol–water partition coefficient (Wildman–Crippen LogP) is 5.75. The SMILES string of the molecule is CC(=O)CC(C)C.CC(=O)CC/C=C(\C)CCCC(C)C. The van der Waals surface area contributed by atoms with Crippen molar-refractivity contribution in [2.45, 2.75) is 87.0 Å². The topological polar surface area (TPSA) is 34.1 Å². The Kier molecular flexibility index (Phi) is 14.9. The number of rotatable bonds is 9. The Morgan fingerprint density at radius 2 is 1.43 bits per heavy atom. The van der Waals surface area contributed by atoms with Crippen molar-refractivity contribution in [3.63, 3.8) is 0 Å². The number of carbonyl (C=O) groups excluding carboxylic acids is 2. The van der Waals surface area contributed by atoms with Crippen molar-refractivity contribution in [1.29, 1.82) is 0 Å². The van der Waals surface area contributed by atoms with E-state index in [-0.39, 0.29) is 11.6 Å². The third-order valence-corrected chi connectivity index (χ3v) is 3.04. The summed E-state index contributed by atoms with van der Waals surface area (Å²) >= 11 is 0. The van der Waals surface area contributed by atoms with Gasteiger partial charge in [0.1, 0.15) is 11.6 Å². The lowest BCUT2D eigenvalue weighted by Gasteiger charge is -2.04. The first-order valence-corrected chi connectivity index (χ1v) is 8.29. The lowest BCUT2D eigenvalue weighted by Crippen LogP contribution is -1.95. The molecule has 2 nitrogen and oxygen atoms in total. The molecule has 21 heavy (non-hydrogen) atoms. The van der Waals surface area contributed by atoms with Crippen LogP contribution in [0.4, 0.5) is 0 Å². The van der Waals surface area contributed by atoms with Crippen molar-refractivity contribution in [1.82, 2.24) is 0 Å². The van der Waals surface area contributed by atoms with Gasteiger partial charge in [-0.2, -0.15) is 0 Å². The van der Waals surface area contributed by atoms with Crippen LogP contribution in [0.5, 0.6) is 0 Å². The number of carbonyl (C=O) groups is 2. The molecule has 0 atom stereocenters.